The van der Waals surface area contributed by atoms with Crippen molar-refractivity contribution in [3.05, 3.63) is 90.6 Å². The number of hydrogen-bond donors (Lipinski definition) is 2. The number of rotatable bonds is 9. The molecule has 0 bridgehead atoms. The average Bonchev–Trinajstić information content (AvgIpc) is 3.56. The van der Waals surface area contributed by atoms with Crippen molar-refractivity contribution in [3.63, 3.8) is 0 Å². The molecule has 1 fully saturated rings. The summed E-state index contributed by atoms with van der Waals surface area (Å²) in [6, 6.07) is 15.4. The molecule has 1 saturated heterocycles. The zero-order valence-electron chi connectivity index (χ0n) is 23.8. The molecule has 0 radical (unpaired) electrons. The molecule has 0 aliphatic carbocycles. The Morgan fingerprint density at radius 3 is 2.51 bits per heavy atom. The first-order valence-corrected chi connectivity index (χ1v) is 15.1. The predicted molar refractivity (Wildman–Crippen MR) is 158 cm³/mol. The summed E-state index contributed by atoms with van der Waals surface area (Å²) in [5.74, 6) is 1.48. The summed E-state index contributed by atoms with van der Waals surface area (Å²) in [6.45, 7) is 2.91. The van der Waals surface area contributed by atoms with E-state index in [-0.39, 0.29) is 36.9 Å². The number of nitrogens with zero attached hydrogens (tertiary/aromatic N) is 6. The second-order valence-electron chi connectivity index (χ2n) is 9.98. The van der Waals surface area contributed by atoms with Crippen molar-refractivity contribution in [2.45, 2.75) is 30.8 Å². The van der Waals surface area contributed by atoms with Gasteiger partial charge in [-0.3, -0.25) is 9.36 Å². The van der Waals surface area contributed by atoms with Gasteiger partial charge in [0.05, 0.1) is 18.0 Å². The quantitative estimate of drug-likeness (QED) is 0.293. The third-order valence-corrected chi connectivity index (χ3v) is 8.31. The predicted octanol–water partition coefficient (Wildman–Crippen LogP) is 2.27. The molecule has 2 aromatic carbocycles. The monoisotopic (exact) mass is 604 g/mol. The van der Waals surface area contributed by atoms with Gasteiger partial charge in [0.15, 0.2) is 0 Å². The van der Waals surface area contributed by atoms with E-state index in [1.54, 1.807) is 48.6 Å². The van der Waals surface area contributed by atoms with Gasteiger partial charge in [-0.2, -0.15) is 4.98 Å². The Morgan fingerprint density at radius 1 is 1.05 bits per heavy atom. The zero-order valence-corrected chi connectivity index (χ0v) is 24.6. The maximum atomic E-state index is 13.4. The Kier molecular flexibility index (Phi) is 8.85. The number of anilines is 1. The number of benzene rings is 2. The van der Waals surface area contributed by atoms with Gasteiger partial charge in [0.1, 0.15) is 17.9 Å². The first kappa shape index (κ1) is 29.5. The number of ether oxygens (including phenoxy) is 1. The van der Waals surface area contributed by atoms with Crippen molar-refractivity contribution in [2.75, 3.05) is 31.6 Å². The van der Waals surface area contributed by atoms with Crippen LogP contribution in [0.25, 0.3) is 5.95 Å². The maximum absolute atomic E-state index is 13.4. The van der Waals surface area contributed by atoms with Gasteiger partial charge >= 0.3 is 6.03 Å². The van der Waals surface area contributed by atoms with Crippen LogP contribution >= 0.6 is 0 Å². The van der Waals surface area contributed by atoms with Crippen LogP contribution in [-0.2, 0) is 21.4 Å². The number of imidazole rings is 1. The van der Waals surface area contributed by atoms with Crippen LogP contribution in [0.4, 0.5) is 10.6 Å². The Bertz CT molecular complexity index is 1660. The van der Waals surface area contributed by atoms with E-state index in [0.29, 0.717) is 24.1 Å². The molecular weight excluding hydrogens is 572 g/mol. The number of methoxy groups -OCH3 is 1. The van der Waals surface area contributed by atoms with Crippen LogP contribution in [0.15, 0.2) is 84.3 Å². The van der Waals surface area contributed by atoms with E-state index in [1.807, 2.05) is 42.2 Å². The van der Waals surface area contributed by atoms with Gasteiger partial charge in [0, 0.05) is 56.8 Å². The highest BCUT2D eigenvalue weighted by Gasteiger charge is 2.34. The second-order valence-corrected chi connectivity index (χ2v) is 11.7. The number of carbonyl (C=O) groups excluding carboxylic acids is 2. The van der Waals surface area contributed by atoms with Gasteiger partial charge in [0.2, 0.25) is 11.9 Å². The number of nitrogens with one attached hydrogen (secondary N) is 2. The summed E-state index contributed by atoms with van der Waals surface area (Å²) < 4.78 is 34.9. The number of piperazine rings is 1. The number of sulfonamides is 1. The number of urea groups is 1. The molecule has 2 N–H and O–H groups in total. The van der Waals surface area contributed by atoms with E-state index in [1.165, 1.54) is 17.0 Å². The average molecular weight is 605 g/mol. The SMILES string of the molecule is COc1ccc(CNC(=O)CC2CN(c3cc(C)nc(-n4ccnc4)n3)CCN2C(=O)NS(=O)(=O)c2ccccc2)cc1. The number of carbonyl (C=O) groups is 2. The third kappa shape index (κ3) is 7.27. The molecule has 13 nitrogen and oxygen atoms in total. The van der Waals surface area contributed by atoms with Crippen molar-refractivity contribution in [3.8, 4) is 11.7 Å². The highest BCUT2D eigenvalue weighted by Crippen LogP contribution is 2.22. The summed E-state index contributed by atoms with van der Waals surface area (Å²) in [4.78, 5) is 43.1. The third-order valence-electron chi connectivity index (χ3n) is 6.98. The molecule has 5 rings (SSSR count). The fourth-order valence-electron chi connectivity index (χ4n) is 4.76. The molecule has 1 atom stereocenters. The first-order chi connectivity index (χ1) is 20.7. The summed E-state index contributed by atoms with van der Waals surface area (Å²) >= 11 is 0. The fourth-order valence-corrected chi connectivity index (χ4v) is 5.74. The maximum Gasteiger partial charge on any atom is 0.331 e. The molecule has 224 valence electrons. The first-order valence-electron chi connectivity index (χ1n) is 13.6. The highest BCUT2D eigenvalue weighted by atomic mass is 32.2. The Hall–Kier alpha value is -4.98. The van der Waals surface area contributed by atoms with Crippen molar-refractivity contribution in [2.24, 2.45) is 0 Å². The van der Waals surface area contributed by atoms with E-state index in [9.17, 15) is 18.0 Å². The normalized spacial score (nSPS) is 15.2. The van der Waals surface area contributed by atoms with Crippen molar-refractivity contribution in [1.29, 1.82) is 0 Å². The van der Waals surface area contributed by atoms with Gasteiger partial charge in [-0.1, -0.05) is 30.3 Å². The smallest absolute Gasteiger partial charge is 0.331 e. The highest BCUT2D eigenvalue weighted by molar-refractivity contribution is 7.90. The van der Waals surface area contributed by atoms with Gasteiger partial charge in [-0.05, 0) is 36.8 Å². The van der Waals surface area contributed by atoms with Gasteiger partial charge in [-0.25, -0.2) is 27.9 Å². The summed E-state index contributed by atoms with van der Waals surface area (Å²) in [7, 11) is -2.53. The van der Waals surface area contributed by atoms with Crippen molar-refractivity contribution < 1.29 is 22.7 Å². The van der Waals surface area contributed by atoms with Gasteiger partial charge in [0.25, 0.3) is 10.0 Å². The number of aromatic nitrogens is 4. The van der Waals surface area contributed by atoms with Crippen molar-refractivity contribution in [1.82, 2.24) is 34.5 Å². The van der Waals surface area contributed by atoms with Gasteiger partial charge in [-0.15, -0.1) is 0 Å². The molecule has 1 aliphatic rings. The lowest BCUT2D eigenvalue weighted by atomic mass is 10.1. The molecule has 2 aromatic heterocycles. The standard InChI is InChI=1S/C29H32N8O5S/c1-21-16-26(33-28(32-21)36-13-12-30-20-36)35-14-15-37(29(39)34-43(40,41)25-6-4-3-5-7-25)23(19-35)17-27(38)31-18-22-8-10-24(42-2)11-9-22/h3-13,16,20,23H,14-15,17-19H2,1-2H3,(H,31,38)(H,34,39). The van der Waals surface area contributed by atoms with Crippen LogP contribution in [0.3, 0.4) is 0 Å². The molecular formula is C29H32N8O5S. The van der Waals surface area contributed by atoms with Crippen LogP contribution in [-0.4, -0.2) is 77.6 Å². The molecule has 1 unspecified atom stereocenters. The van der Waals surface area contributed by atoms with Crippen LogP contribution < -0.4 is 19.7 Å². The zero-order chi connectivity index (χ0) is 30.4. The molecule has 1 aliphatic heterocycles. The van der Waals surface area contributed by atoms with Crippen LogP contribution in [0.2, 0.25) is 0 Å². The Morgan fingerprint density at radius 2 is 1.81 bits per heavy atom. The molecule has 0 saturated carbocycles. The minimum Gasteiger partial charge on any atom is -0.497 e. The lowest BCUT2D eigenvalue weighted by molar-refractivity contribution is -0.122. The molecule has 3 heterocycles. The summed E-state index contributed by atoms with van der Waals surface area (Å²) in [6.07, 6.45) is 4.92. The van der Waals surface area contributed by atoms with E-state index in [4.69, 9.17) is 4.74 Å². The van der Waals surface area contributed by atoms with E-state index >= 15 is 0 Å². The molecule has 4 aromatic rings. The van der Waals surface area contributed by atoms with Crippen LogP contribution in [0.5, 0.6) is 5.75 Å². The molecule has 43 heavy (non-hydrogen) atoms. The van der Waals surface area contributed by atoms with Gasteiger partial charge < -0.3 is 19.9 Å². The molecule has 3 amide bonds. The van der Waals surface area contributed by atoms with E-state index < -0.39 is 22.1 Å². The topological polar surface area (TPSA) is 152 Å². The van der Waals surface area contributed by atoms with Crippen LogP contribution in [0, 0.1) is 6.92 Å². The lowest BCUT2D eigenvalue weighted by Crippen LogP contribution is -2.59. The lowest BCUT2D eigenvalue weighted by Gasteiger charge is -2.41. The Labute approximate surface area is 249 Å². The number of hydrogen-bond acceptors (Lipinski definition) is 9. The minimum absolute atomic E-state index is 0.0285. The fraction of sp³-hybridized carbons (Fsp3) is 0.276. The number of amides is 3. The Balaban J connectivity index is 1.34. The second kappa shape index (κ2) is 12.9. The summed E-state index contributed by atoms with van der Waals surface area (Å²) in [5, 5.41) is 2.90. The van der Waals surface area contributed by atoms with Crippen LogP contribution in [0.1, 0.15) is 17.7 Å². The van der Waals surface area contributed by atoms with E-state index in [0.717, 1.165) is 11.3 Å². The summed E-state index contributed by atoms with van der Waals surface area (Å²) in [5.41, 5.74) is 1.61. The van der Waals surface area contributed by atoms with E-state index in [2.05, 4.69) is 25.0 Å². The minimum atomic E-state index is -4.11. The largest absolute Gasteiger partial charge is 0.497 e. The van der Waals surface area contributed by atoms with Crippen molar-refractivity contribution >= 4 is 27.8 Å². The molecule has 14 heteroatoms. The number of aryl methyl sites for hydroxylation is 1. The molecule has 0 spiro atoms.